The fourth-order valence-corrected chi connectivity index (χ4v) is 4.44. The van der Waals surface area contributed by atoms with E-state index in [1.807, 2.05) is 36.7 Å². The van der Waals surface area contributed by atoms with E-state index in [2.05, 4.69) is 5.10 Å². The van der Waals surface area contributed by atoms with Crippen molar-refractivity contribution in [2.24, 2.45) is 0 Å². The number of hydrogen-bond donors (Lipinski definition) is 2. The number of fused-ring (bicyclic) bond motifs is 1. The molecule has 0 bridgehead atoms. The molecule has 6 nitrogen and oxygen atoms in total. The summed E-state index contributed by atoms with van der Waals surface area (Å²) >= 11 is 0. The topological polar surface area (TPSA) is 84.6 Å². The van der Waals surface area contributed by atoms with Gasteiger partial charge in [-0.15, -0.1) is 0 Å². The molecule has 0 atom stereocenters. The molecule has 0 aliphatic rings. The summed E-state index contributed by atoms with van der Waals surface area (Å²) in [5, 5.41) is 5.56. The van der Waals surface area contributed by atoms with Crippen LogP contribution in [0.3, 0.4) is 0 Å². The Kier molecular flexibility index (Phi) is 5.19. The van der Waals surface area contributed by atoms with Crippen LogP contribution in [0.5, 0.6) is 5.75 Å². The van der Waals surface area contributed by atoms with Gasteiger partial charge < -0.3 is 14.5 Å². The van der Waals surface area contributed by atoms with Crippen LogP contribution < -0.4 is 10.0 Å². The fraction of sp³-hybridized carbons (Fsp3) is 0.316. The zero-order valence-corrected chi connectivity index (χ0v) is 16.0. The lowest BCUT2D eigenvalue weighted by Gasteiger charge is -2.18. The summed E-state index contributed by atoms with van der Waals surface area (Å²) in [5.41, 5.74) is 3.71. The molecule has 0 aliphatic heterocycles. The molecular weight excluding hydrogens is 351 g/mol. The van der Waals surface area contributed by atoms with E-state index in [0.717, 1.165) is 33.3 Å². The standard InChI is InChI=1S/C19H23N2O4P/c1-4-14-13(9-10-19(15(14)5-2)26(22,23)24)12-21-17-7-6-8-18(25-3)16(17)11-20-21/h6-11H,4-5,12H2,1-3H3,(H2,22,23,24). The molecule has 0 saturated carbocycles. The maximum atomic E-state index is 11.8. The number of methoxy groups -OCH3 is 1. The largest absolute Gasteiger partial charge is 0.496 e. The van der Waals surface area contributed by atoms with Gasteiger partial charge >= 0.3 is 7.60 Å². The Hall–Kier alpha value is -2.14. The van der Waals surface area contributed by atoms with E-state index in [-0.39, 0.29) is 5.30 Å². The van der Waals surface area contributed by atoms with E-state index < -0.39 is 7.60 Å². The van der Waals surface area contributed by atoms with Gasteiger partial charge in [-0.1, -0.05) is 26.0 Å². The van der Waals surface area contributed by atoms with Crippen LogP contribution in [0.15, 0.2) is 36.5 Å². The summed E-state index contributed by atoms with van der Waals surface area (Å²) in [6.45, 7) is 4.46. The number of rotatable bonds is 6. The van der Waals surface area contributed by atoms with Crippen LogP contribution in [-0.2, 0) is 24.0 Å². The van der Waals surface area contributed by atoms with Gasteiger partial charge in [-0.25, -0.2) is 0 Å². The van der Waals surface area contributed by atoms with Gasteiger partial charge in [-0.3, -0.25) is 9.25 Å². The highest BCUT2D eigenvalue weighted by molar-refractivity contribution is 7.60. The van der Waals surface area contributed by atoms with Crippen molar-refractivity contribution in [2.75, 3.05) is 7.11 Å². The third kappa shape index (κ3) is 3.28. The SMILES string of the molecule is CCc1c(Cn2ncc3c(OC)cccc32)ccc(P(=O)(O)O)c1CC. The first-order valence-electron chi connectivity index (χ1n) is 8.58. The third-order valence-corrected chi connectivity index (χ3v) is 5.76. The second kappa shape index (κ2) is 7.23. The minimum Gasteiger partial charge on any atom is -0.496 e. The van der Waals surface area contributed by atoms with E-state index >= 15 is 0 Å². The molecule has 1 heterocycles. The minimum absolute atomic E-state index is 0.132. The highest BCUT2D eigenvalue weighted by Gasteiger charge is 2.24. The summed E-state index contributed by atoms with van der Waals surface area (Å²) in [6.07, 6.45) is 3.06. The molecule has 0 amide bonds. The maximum absolute atomic E-state index is 11.8. The lowest BCUT2D eigenvalue weighted by Crippen LogP contribution is -2.16. The van der Waals surface area contributed by atoms with Gasteiger partial charge in [0.05, 0.1) is 36.1 Å². The fourth-order valence-electron chi connectivity index (χ4n) is 3.53. The van der Waals surface area contributed by atoms with Crippen LogP contribution in [0.2, 0.25) is 0 Å². The van der Waals surface area contributed by atoms with Crippen LogP contribution in [-0.4, -0.2) is 26.7 Å². The molecule has 0 aliphatic carbocycles. The van der Waals surface area contributed by atoms with E-state index in [0.29, 0.717) is 19.4 Å². The third-order valence-electron chi connectivity index (χ3n) is 4.71. The average Bonchev–Trinajstić information content (AvgIpc) is 3.03. The molecule has 138 valence electrons. The zero-order valence-electron chi connectivity index (χ0n) is 15.1. The molecule has 2 aromatic carbocycles. The molecule has 0 saturated heterocycles. The van der Waals surface area contributed by atoms with Crippen molar-refractivity contribution in [3.63, 3.8) is 0 Å². The summed E-state index contributed by atoms with van der Waals surface area (Å²) in [5.74, 6) is 0.774. The van der Waals surface area contributed by atoms with Crippen LogP contribution in [0.1, 0.15) is 30.5 Å². The van der Waals surface area contributed by atoms with E-state index in [1.165, 1.54) is 0 Å². The molecule has 0 unspecified atom stereocenters. The first-order chi connectivity index (χ1) is 12.4. The van der Waals surface area contributed by atoms with Gasteiger partial charge in [-0.05, 0) is 47.7 Å². The Morgan fingerprint density at radius 1 is 1.12 bits per heavy atom. The Morgan fingerprint density at radius 2 is 1.85 bits per heavy atom. The predicted octanol–water partition coefficient (Wildman–Crippen LogP) is 3.02. The summed E-state index contributed by atoms with van der Waals surface area (Å²) in [7, 11) is -2.66. The number of ether oxygens (including phenoxy) is 1. The lowest BCUT2D eigenvalue weighted by atomic mass is 9.97. The molecule has 0 radical (unpaired) electrons. The number of hydrogen-bond acceptors (Lipinski definition) is 3. The summed E-state index contributed by atoms with van der Waals surface area (Å²) in [6, 6.07) is 9.17. The predicted molar refractivity (Wildman–Crippen MR) is 102 cm³/mol. The van der Waals surface area contributed by atoms with Crippen LogP contribution >= 0.6 is 7.60 Å². The monoisotopic (exact) mass is 374 g/mol. The van der Waals surface area contributed by atoms with Gasteiger partial charge in [-0.2, -0.15) is 5.10 Å². The maximum Gasteiger partial charge on any atom is 0.356 e. The van der Waals surface area contributed by atoms with Gasteiger partial charge in [0, 0.05) is 0 Å². The van der Waals surface area contributed by atoms with E-state index in [9.17, 15) is 14.4 Å². The molecule has 0 spiro atoms. The molecule has 0 fully saturated rings. The molecular formula is C19H23N2O4P. The number of aromatic nitrogens is 2. The average molecular weight is 374 g/mol. The first-order valence-corrected chi connectivity index (χ1v) is 10.2. The first kappa shape index (κ1) is 18.6. The van der Waals surface area contributed by atoms with Crippen LogP contribution in [0.4, 0.5) is 0 Å². The number of nitrogens with zero attached hydrogens (tertiary/aromatic N) is 2. The van der Waals surface area contributed by atoms with Crippen molar-refractivity contribution in [2.45, 2.75) is 33.2 Å². The Balaban J connectivity index is 2.10. The van der Waals surface area contributed by atoms with Crippen LogP contribution in [0.25, 0.3) is 10.9 Å². The van der Waals surface area contributed by atoms with Crippen molar-refractivity contribution in [1.29, 1.82) is 0 Å². The molecule has 7 heteroatoms. The Bertz CT molecular complexity index is 991. The van der Waals surface area contributed by atoms with E-state index in [1.54, 1.807) is 25.4 Å². The van der Waals surface area contributed by atoms with Crippen molar-refractivity contribution in [3.8, 4) is 5.75 Å². The highest BCUT2D eigenvalue weighted by atomic mass is 31.2. The van der Waals surface area contributed by atoms with Gasteiger partial charge in [0.25, 0.3) is 0 Å². The van der Waals surface area contributed by atoms with Gasteiger partial charge in [0.1, 0.15) is 5.75 Å². The van der Waals surface area contributed by atoms with Crippen molar-refractivity contribution in [3.05, 3.63) is 53.2 Å². The molecule has 2 N–H and O–H groups in total. The summed E-state index contributed by atoms with van der Waals surface area (Å²) in [4.78, 5) is 19.3. The van der Waals surface area contributed by atoms with Crippen molar-refractivity contribution >= 4 is 23.8 Å². The molecule has 26 heavy (non-hydrogen) atoms. The van der Waals surface area contributed by atoms with Gasteiger partial charge in [0.2, 0.25) is 0 Å². The zero-order chi connectivity index (χ0) is 18.9. The molecule has 3 aromatic rings. The van der Waals surface area contributed by atoms with Gasteiger partial charge in [0.15, 0.2) is 0 Å². The smallest absolute Gasteiger partial charge is 0.356 e. The normalized spacial score (nSPS) is 11.9. The molecule has 1 aromatic heterocycles. The Morgan fingerprint density at radius 3 is 2.46 bits per heavy atom. The van der Waals surface area contributed by atoms with Crippen molar-refractivity contribution < 1.29 is 19.1 Å². The second-order valence-corrected chi connectivity index (χ2v) is 7.72. The van der Waals surface area contributed by atoms with Crippen molar-refractivity contribution in [1.82, 2.24) is 9.78 Å². The Labute approximate surface area is 152 Å². The lowest BCUT2D eigenvalue weighted by molar-refractivity contribution is 0.387. The quantitative estimate of drug-likeness (QED) is 0.648. The molecule has 3 rings (SSSR count). The minimum atomic E-state index is -4.29. The second-order valence-electron chi connectivity index (χ2n) is 6.15. The summed E-state index contributed by atoms with van der Waals surface area (Å²) < 4.78 is 19.1. The highest BCUT2D eigenvalue weighted by Crippen LogP contribution is 2.37. The van der Waals surface area contributed by atoms with E-state index in [4.69, 9.17) is 4.74 Å². The number of benzene rings is 2. The van der Waals surface area contributed by atoms with Crippen LogP contribution in [0, 0.1) is 0 Å².